The molecule has 3 amide bonds. The monoisotopic (exact) mass is 372 g/mol. The number of nitrogens with zero attached hydrogens (tertiary/aromatic N) is 4. The summed E-state index contributed by atoms with van der Waals surface area (Å²) in [6.07, 6.45) is 0.239. The van der Waals surface area contributed by atoms with E-state index in [4.69, 9.17) is 4.42 Å². The molecule has 7 nitrogen and oxygen atoms in total. The molecule has 0 spiro atoms. The number of aromatic nitrogens is 2. The highest BCUT2D eigenvalue weighted by molar-refractivity contribution is 7.98. The fourth-order valence-corrected chi connectivity index (χ4v) is 3.54. The minimum atomic E-state index is -0.546. The Bertz CT molecular complexity index is 890. The zero-order chi connectivity index (χ0) is 18.8. The summed E-state index contributed by atoms with van der Waals surface area (Å²) in [7, 11) is 1.42. The highest BCUT2D eigenvalue weighted by Gasteiger charge is 2.34. The lowest BCUT2D eigenvalue weighted by Gasteiger charge is -2.24. The van der Waals surface area contributed by atoms with Gasteiger partial charge in [0.25, 0.3) is 5.22 Å². The van der Waals surface area contributed by atoms with Gasteiger partial charge in [-0.15, -0.1) is 10.2 Å². The third-order valence-electron chi connectivity index (χ3n) is 4.37. The van der Waals surface area contributed by atoms with E-state index in [9.17, 15) is 9.59 Å². The Hall–Kier alpha value is -2.48. The van der Waals surface area contributed by atoms with Crippen molar-refractivity contribution in [3.05, 3.63) is 40.8 Å². The first kappa shape index (κ1) is 18.3. The maximum Gasteiger partial charge on any atom is 0.349 e. The second-order valence-electron chi connectivity index (χ2n) is 6.37. The molecule has 136 valence electrons. The van der Waals surface area contributed by atoms with Gasteiger partial charge in [0.1, 0.15) is 0 Å². The van der Waals surface area contributed by atoms with E-state index in [0.29, 0.717) is 16.8 Å². The van der Waals surface area contributed by atoms with Crippen LogP contribution in [-0.4, -0.2) is 39.8 Å². The summed E-state index contributed by atoms with van der Waals surface area (Å²) in [6.45, 7) is 5.80. The van der Waals surface area contributed by atoms with Crippen LogP contribution in [0.15, 0.2) is 32.8 Å². The molecule has 0 saturated heterocycles. The van der Waals surface area contributed by atoms with E-state index in [1.165, 1.54) is 35.5 Å². The number of thioether (sulfide) groups is 1. The topological polar surface area (TPSA) is 88.7 Å². The Morgan fingerprint density at radius 3 is 2.73 bits per heavy atom. The maximum absolute atomic E-state index is 12.3. The molecule has 0 aliphatic carbocycles. The molecular formula is C18H20N4O3S. The molecule has 1 aromatic carbocycles. The van der Waals surface area contributed by atoms with E-state index in [0.717, 1.165) is 10.7 Å². The predicted molar refractivity (Wildman–Crippen MR) is 98.2 cm³/mol. The molecule has 0 bridgehead atoms. The van der Waals surface area contributed by atoms with Gasteiger partial charge in [-0.25, -0.2) is 9.79 Å². The molecule has 3 rings (SSSR count). The van der Waals surface area contributed by atoms with Gasteiger partial charge in [-0.3, -0.25) is 9.69 Å². The van der Waals surface area contributed by atoms with Gasteiger partial charge in [-0.2, -0.15) is 0 Å². The Kier molecular flexibility index (Phi) is 5.22. The molecule has 1 aromatic heterocycles. The van der Waals surface area contributed by atoms with E-state index in [1.54, 1.807) is 6.92 Å². The van der Waals surface area contributed by atoms with Crippen molar-refractivity contribution in [1.29, 1.82) is 0 Å². The molecular weight excluding hydrogens is 352 g/mol. The molecule has 0 radical (unpaired) electrons. The molecule has 2 heterocycles. The van der Waals surface area contributed by atoms with Crippen LogP contribution in [0.3, 0.4) is 0 Å². The fraction of sp³-hybridized carbons (Fsp3) is 0.389. The van der Waals surface area contributed by atoms with Gasteiger partial charge >= 0.3 is 6.03 Å². The van der Waals surface area contributed by atoms with Crippen molar-refractivity contribution in [1.82, 2.24) is 15.1 Å². The van der Waals surface area contributed by atoms with Crippen molar-refractivity contribution < 1.29 is 14.0 Å². The van der Waals surface area contributed by atoms with E-state index < -0.39 is 11.9 Å². The van der Waals surface area contributed by atoms with Crippen LogP contribution in [0.4, 0.5) is 4.79 Å². The normalized spacial score (nSPS) is 17.6. The van der Waals surface area contributed by atoms with Gasteiger partial charge in [0.2, 0.25) is 11.8 Å². The van der Waals surface area contributed by atoms with Crippen molar-refractivity contribution in [2.75, 3.05) is 7.05 Å². The van der Waals surface area contributed by atoms with Gasteiger partial charge in [-0.05, 0) is 31.9 Å². The molecule has 1 aliphatic rings. The van der Waals surface area contributed by atoms with Crippen molar-refractivity contribution >= 4 is 29.4 Å². The maximum atomic E-state index is 12.3. The highest BCUT2D eigenvalue weighted by Crippen LogP contribution is 2.25. The Balaban J connectivity index is 1.67. The number of hydrogen-bond acceptors (Lipinski definition) is 6. The molecule has 1 aliphatic heterocycles. The summed E-state index contributed by atoms with van der Waals surface area (Å²) in [6, 6.07) is 5.78. The van der Waals surface area contributed by atoms with Crippen LogP contribution in [0.5, 0.6) is 0 Å². The number of benzene rings is 1. The number of carbonyl (C=O) groups excluding carboxylic acids is 2. The second-order valence-corrected chi connectivity index (χ2v) is 7.30. The van der Waals surface area contributed by atoms with Crippen LogP contribution >= 0.6 is 11.8 Å². The SMILES string of the molecule is CC1=NC(=O)N(C)C(=O)C1Cc1nnc(SCc2cc(C)ccc2C)o1. The Morgan fingerprint density at radius 2 is 1.96 bits per heavy atom. The second kappa shape index (κ2) is 7.41. The van der Waals surface area contributed by atoms with Gasteiger partial charge in [0, 0.05) is 24.9 Å². The summed E-state index contributed by atoms with van der Waals surface area (Å²) < 4.78 is 5.67. The van der Waals surface area contributed by atoms with Gasteiger partial charge < -0.3 is 4.42 Å². The van der Waals surface area contributed by atoms with Crippen molar-refractivity contribution in [2.24, 2.45) is 10.9 Å². The number of aliphatic imine (C=N–C) groups is 1. The molecule has 0 fully saturated rings. The smallest absolute Gasteiger partial charge is 0.349 e. The van der Waals surface area contributed by atoms with E-state index in [1.807, 2.05) is 0 Å². The fourth-order valence-electron chi connectivity index (χ4n) is 2.69. The summed E-state index contributed by atoms with van der Waals surface area (Å²) >= 11 is 1.46. The molecule has 2 aromatic rings. The third-order valence-corrected chi connectivity index (χ3v) is 5.24. The zero-order valence-electron chi connectivity index (χ0n) is 15.1. The molecule has 26 heavy (non-hydrogen) atoms. The first-order valence-corrected chi connectivity index (χ1v) is 9.21. The first-order chi connectivity index (χ1) is 12.3. The number of aryl methyl sites for hydroxylation is 2. The minimum Gasteiger partial charge on any atom is -0.416 e. The average molecular weight is 372 g/mol. The Labute approximate surface area is 155 Å². The standard InChI is InChI=1S/C18H20N4O3S/c1-10-5-6-11(2)13(7-10)9-26-18-21-20-15(25-18)8-14-12(3)19-17(24)22(4)16(14)23/h5-7,14H,8-9H2,1-4H3. The van der Waals surface area contributed by atoms with Crippen LogP contribution in [0.25, 0.3) is 0 Å². The summed E-state index contributed by atoms with van der Waals surface area (Å²) in [5, 5.41) is 8.54. The molecule has 8 heteroatoms. The molecule has 0 saturated carbocycles. The molecule has 0 N–H and O–H groups in total. The Morgan fingerprint density at radius 1 is 1.19 bits per heavy atom. The lowest BCUT2D eigenvalue weighted by molar-refractivity contribution is -0.129. The van der Waals surface area contributed by atoms with Crippen LogP contribution in [0.1, 0.15) is 29.5 Å². The number of urea groups is 1. The number of rotatable bonds is 5. The van der Waals surface area contributed by atoms with Crippen LogP contribution in [0, 0.1) is 19.8 Å². The molecule has 1 unspecified atom stereocenters. The van der Waals surface area contributed by atoms with Crippen molar-refractivity contribution in [2.45, 2.75) is 38.2 Å². The third kappa shape index (κ3) is 3.85. The summed E-state index contributed by atoms with van der Waals surface area (Å²) in [5.41, 5.74) is 4.12. The minimum absolute atomic E-state index is 0.239. The van der Waals surface area contributed by atoms with Crippen LogP contribution in [-0.2, 0) is 17.0 Å². The number of hydrogen-bond donors (Lipinski definition) is 0. The van der Waals surface area contributed by atoms with E-state index >= 15 is 0 Å². The van der Waals surface area contributed by atoms with Gasteiger partial charge in [0.15, 0.2) is 0 Å². The van der Waals surface area contributed by atoms with E-state index in [2.05, 4.69) is 47.2 Å². The zero-order valence-corrected chi connectivity index (χ0v) is 16.0. The average Bonchev–Trinajstić information content (AvgIpc) is 3.05. The predicted octanol–water partition coefficient (Wildman–Crippen LogP) is 3.19. The number of imide groups is 1. The van der Waals surface area contributed by atoms with Gasteiger partial charge in [-0.1, -0.05) is 35.5 Å². The van der Waals surface area contributed by atoms with Crippen molar-refractivity contribution in [3.8, 4) is 0 Å². The quantitative estimate of drug-likeness (QED) is 0.749. The lowest BCUT2D eigenvalue weighted by Crippen LogP contribution is -2.44. The van der Waals surface area contributed by atoms with Gasteiger partial charge in [0.05, 0.1) is 5.92 Å². The summed E-state index contributed by atoms with van der Waals surface area (Å²) in [4.78, 5) is 28.7. The largest absolute Gasteiger partial charge is 0.416 e. The lowest BCUT2D eigenvalue weighted by atomic mass is 9.97. The van der Waals surface area contributed by atoms with Crippen molar-refractivity contribution in [3.63, 3.8) is 0 Å². The van der Waals surface area contributed by atoms with Crippen LogP contribution in [0.2, 0.25) is 0 Å². The van der Waals surface area contributed by atoms with Crippen LogP contribution < -0.4 is 0 Å². The first-order valence-electron chi connectivity index (χ1n) is 8.23. The van der Waals surface area contributed by atoms with E-state index in [-0.39, 0.29) is 12.3 Å². The highest BCUT2D eigenvalue weighted by atomic mass is 32.2. The summed E-state index contributed by atoms with van der Waals surface area (Å²) in [5.74, 6) is 0.249. The number of amides is 3. The molecule has 1 atom stereocenters. The number of carbonyl (C=O) groups is 2.